The molecule has 0 aromatic heterocycles. The highest BCUT2D eigenvalue weighted by Gasteiger charge is 1.98. The predicted octanol–water partition coefficient (Wildman–Crippen LogP) is 5.39. The van der Waals surface area contributed by atoms with Crippen LogP contribution in [0.15, 0.2) is 24.3 Å². The standard InChI is InChI=1S/C20H28N2O2/c21-15-7-3-1-5-9-17-23-19-11-13-20(14-12-19)24-18-10-6-2-4-8-16-22/h11-14H,1-10,17-18H2. The number of hydrogen-bond acceptors (Lipinski definition) is 4. The molecule has 0 aliphatic rings. The van der Waals surface area contributed by atoms with E-state index in [9.17, 15) is 0 Å². The number of ether oxygens (including phenoxy) is 2. The summed E-state index contributed by atoms with van der Waals surface area (Å²) in [4.78, 5) is 0. The first kappa shape index (κ1) is 19.8. The van der Waals surface area contributed by atoms with Crippen LogP contribution in [0, 0.1) is 22.7 Å². The fourth-order valence-corrected chi connectivity index (χ4v) is 2.33. The predicted molar refractivity (Wildman–Crippen MR) is 94.8 cm³/mol. The molecule has 4 nitrogen and oxygen atoms in total. The van der Waals surface area contributed by atoms with E-state index in [-0.39, 0.29) is 0 Å². The third-order valence-corrected chi connectivity index (χ3v) is 3.73. The third-order valence-electron chi connectivity index (χ3n) is 3.73. The molecular formula is C20H28N2O2. The Kier molecular flexibility index (Phi) is 11.9. The van der Waals surface area contributed by atoms with Crippen molar-refractivity contribution in [3.05, 3.63) is 24.3 Å². The molecule has 0 bridgehead atoms. The lowest BCUT2D eigenvalue weighted by molar-refractivity contribution is 0.296. The molecule has 0 aliphatic carbocycles. The minimum Gasteiger partial charge on any atom is -0.494 e. The van der Waals surface area contributed by atoms with Gasteiger partial charge >= 0.3 is 0 Å². The van der Waals surface area contributed by atoms with Crippen molar-refractivity contribution in [3.8, 4) is 23.6 Å². The lowest BCUT2D eigenvalue weighted by Gasteiger charge is -2.08. The number of nitriles is 2. The van der Waals surface area contributed by atoms with Gasteiger partial charge in [-0.25, -0.2) is 0 Å². The molecule has 0 N–H and O–H groups in total. The number of unbranched alkanes of at least 4 members (excludes halogenated alkanes) is 8. The largest absolute Gasteiger partial charge is 0.494 e. The van der Waals surface area contributed by atoms with Crippen LogP contribution in [-0.4, -0.2) is 13.2 Å². The Balaban J connectivity index is 2.04. The normalized spacial score (nSPS) is 9.92. The summed E-state index contributed by atoms with van der Waals surface area (Å²) in [5.41, 5.74) is 0. The molecule has 0 unspecified atom stereocenters. The fourth-order valence-electron chi connectivity index (χ4n) is 2.33. The Hall–Kier alpha value is -2.20. The maximum Gasteiger partial charge on any atom is 0.119 e. The number of nitrogens with zero attached hydrogens (tertiary/aromatic N) is 2. The molecule has 1 rings (SSSR count). The summed E-state index contributed by atoms with van der Waals surface area (Å²) >= 11 is 0. The summed E-state index contributed by atoms with van der Waals surface area (Å²) in [5.74, 6) is 1.74. The molecule has 130 valence electrons. The minimum absolute atomic E-state index is 0.655. The topological polar surface area (TPSA) is 66.0 Å². The quantitative estimate of drug-likeness (QED) is 0.429. The highest BCUT2D eigenvalue weighted by atomic mass is 16.5. The van der Waals surface area contributed by atoms with Crippen LogP contribution in [-0.2, 0) is 0 Å². The van der Waals surface area contributed by atoms with Crippen molar-refractivity contribution in [1.29, 1.82) is 10.5 Å². The summed E-state index contributed by atoms with van der Waals surface area (Å²) in [6.07, 6.45) is 9.74. The molecule has 0 saturated heterocycles. The highest BCUT2D eigenvalue weighted by Crippen LogP contribution is 2.18. The highest BCUT2D eigenvalue weighted by molar-refractivity contribution is 5.31. The van der Waals surface area contributed by atoms with Crippen LogP contribution in [0.5, 0.6) is 11.5 Å². The molecule has 1 aromatic carbocycles. The third kappa shape index (κ3) is 10.5. The van der Waals surface area contributed by atoms with E-state index in [1.165, 1.54) is 0 Å². The second-order valence-electron chi connectivity index (χ2n) is 5.81. The zero-order valence-electron chi connectivity index (χ0n) is 14.5. The summed E-state index contributed by atoms with van der Waals surface area (Å²) in [6.45, 7) is 1.44. The van der Waals surface area contributed by atoms with Gasteiger partial charge in [-0.2, -0.15) is 10.5 Å². The van der Waals surface area contributed by atoms with Crippen molar-refractivity contribution in [3.63, 3.8) is 0 Å². The molecule has 0 heterocycles. The number of benzene rings is 1. The van der Waals surface area contributed by atoms with Gasteiger partial charge < -0.3 is 9.47 Å². The Morgan fingerprint density at radius 1 is 0.583 bits per heavy atom. The first-order chi connectivity index (χ1) is 11.9. The smallest absolute Gasteiger partial charge is 0.119 e. The van der Waals surface area contributed by atoms with Crippen LogP contribution in [0.25, 0.3) is 0 Å². The summed E-state index contributed by atoms with van der Waals surface area (Å²) < 4.78 is 11.4. The molecule has 0 aliphatic heterocycles. The van der Waals surface area contributed by atoms with Crippen molar-refractivity contribution in [2.75, 3.05) is 13.2 Å². The minimum atomic E-state index is 0.655. The average Bonchev–Trinajstić information content (AvgIpc) is 2.61. The summed E-state index contributed by atoms with van der Waals surface area (Å²) in [6, 6.07) is 12.1. The van der Waals surface area contributed by atoms with Gasteiger partial charge in [-0.05, 0) is 49.9 Å². The molecule has 0 fully saturated rings. The fraction of sp³-hybridized carbons (Fsp3) is 0.600. The second-order valence-corrected chi connectivity index (χ2v) is 5.81. The van der Waals surface area contributed by atoms with Gasteiger partial charge in [0.15, 0.2) is 0 Å². The van der Waals surface area contributed by atoms with Crippen LogP contribution < -0.4 is 9.47 Å². The van der Waals surface area contributed by atoms with E-state index < -0.39 is 0 Å². The van der Waals surface area contributed by atoms with E-state index >= 15 is 0 Å². The van der Waals surface area contributed by atoms with E-state index in [0.29, 0.717) is 12.8 Å². The van der Waals surface area contributed by atoms with Crippen molar-refractivity contribution in [1.82, 2.24) is 0 Å². The first-order valence-electron chi connectivity index (χ1n) is 8.96. The SMILES string of the molecule is N#CCCCCCCOc1ccc(OCCCCCCC#N)cc1. The van der Waals surface area contributed by atoms with Crippen LogP contribution >= 0.6 is 0 Å². The Bertz CT molecular complexity index is 453. The van der Waals surface area contributed by atoms with Crippen molar-refractivity contribution in [2.24, 2.45) is 0 Å². The zero-order valence-corrected chi connectivity index (χ0v) is 14.5. The molecule has 0 radical (unpaired) electrons. The van der Waals surface area contributed by atoms with Crippen LogP contribution in [0.2, 0.25) is 0 Å². The van der Waals surface area contributed by atoms with Crippen molar-refractivity contribution in [2.45, 2.75) is 64.2 Å². The van der Waals surface area contributed by atoms with Gasteiger partial charge in [0.05, 0.1) is 25.4 Å². The Morgan fingerprint density at radius 3 is 1.33 bits per heavy atom. The van der Waals surface area contributed by atoms with Gasteiger partial charge in [0.1, 0.15) is 11.5 Å². The van der Waals surface area contributed by atoms with Crippen LogP contribution in [0.3, 0.4) is 0 Å². The van der Waals surface area contributed by atoms with E-state index in [0.717, 1.165) is 76.1 Å². The van der Waals surface area contributed by atoms with Crippen LogP contribution in [0.1, 0.15) is 64.2 Å². The van der Waals surface area contributed by atoms with Gasteiger partial charge in [0.2, 0.25) is 0 Å². The molecule has 0 spiro atoms. The lowest BCUT2D eigenvalue weighted by Crippen LogP contribution is -1.99. The first-order valence-corrected chi connectivity index (χ1v) is 8.96. The van der Waals surface area contributed by atoms with Gasteiger partial charge in [0, 0.05) is 12.8 Å². The van der Waals surface area contributed by atoms with E-state index in [1.54, 1.807) is 0 Å². The van der Waals surface area contributed by atoms with Gasteiger partial charge in [-0.1, -0.05) is 25.7 Å². The summed E-state index contributed by atoms with van der Waals surface area (Å²) in [7, 11) is 0. The lowest BCUT2D eigenvalue weighted by atomic mass is 10.2. The monoisotopic (exact) mass is 328 g/mol. The summed E-state index contributed by atoms with van der Waals surface area (Å²) in [5, 5.41) is 16.9. The van der Waals surface area contributed by atoms with Gasteiger partial charge in [0.25, 0.3) is 0 Å². The Morgan fingerprint density at radius 2 is 0.958 bits per heavy atom. The molecule has 0 atom stereocenters. The molecule has 24 heavy (non-hydrogen) atoms. The molecule has 1 aromatic rings. The van der Waals surface area contributed by atoms with E-state index in [2.05, 4.69) is 12.1 Å². The van der Waals surface area contributed by atoms with Crippen molar-refractivity contribution >= 4 is 0 Å². The van der Waals surface area contributed by atoms with E-state index in [1.807, 2.05) is 24.3 Å². The molecular weight excluding hydrogens is 300 g/mol. The maximum absolute atomic E-state index is 8.46. The number of rotatable bonds is 14. The van der Waals surface area contributed by atoms with Crippen LogP contribution in [0.4, 0.5) is 0 Å². The zero-order chi connectivity index (χ0) is 17.3. The Labute approximate surface area is 146 Å². The molecule has 0 saturated carbocycles. The van der Waals surface area contributed by atoms with Gasteiger partial charge in [-0.15, -0.1) is 0 Å². The average molecular weight is 328 g/mol. The van der Waals surface area contributed by atoms with Crippen molar-refractivity contribution < 1.29 is 9.47 Å². The second kappa shape index (κ2) is 14.4. The number of hydrogen-bond donors (Lipinski definition) is 0. The van der Waals surface area contributed by atoms with E-state index in [4.69, 9.17) is 20.0 Å². The van der Waals surface area contributed by atoms with Gasteiger partial charge in [-0.3, -0.25) is 0 Å². The molecule has 0 amide bonds. The molecule has 4 heteroatoms. The maximum atomic E-state index is 8.46.